The van der Waals surface area contributed by atoms with Crippen LogP contribution in [0, 0.1) is 35.0 Å². The lowest BCUT2D eigenvalue weighted by Crippen LogP contribution is -2.83. The van der Waals surface area contributed by atoms with Gasteiger partial charge in [-0.15, -0.1) is 0 Å². The summed E-state index contributed by atoms with van der Waals surface area (Å²) in [5.74, 6) is 6.18. The van der Waals surface area contributed by atoms with Gasteiger partial charge in [0.1, 0.15) is 22.9 Å². The second-order valence-electron chi connectivity index (χ2n) is 14.5. The number of aliphatic hydroxyl groups is 1. The average Bonchev–Trinajstić information content (AvgIpc) is 3.05. The van der Waals surface area contributed by atoms with Gasteiger partial charge in [-0.05, 0) is 103 Å². The predicted octanol–water partition coefficient (Wildman–Crippen LogP) is 4.76. The van der Waals surface area contributed by atoms with Crippen LogP contribution in [0.15, 0.2) is 34.9 Å². The molecule has 1 heterocycles. The van der Waals surface area contributed by atoms with Crippen LogP contribution >= 0.6 is 0 Å². The molecule has 4 fully saturated rings. The molecule has 0 bridgehead atoms. The lowest BCUT2D eigenvalue weighted by Gasteiger charge is -2.79. The van der Waals surface area contributed by atoms with Crippen LogP contribution in [0.25, 0.3) is 0 Å². The van der Waals surface area contributed by atoms with Gasteiger partial charge in [-0.25, -0.2) is 9.59 Å². The van der Waals surface area contributed by atoms with Crippen molar-refractivity contribution < 1.29 is 33.6 Å². The fraction of sp³-hybridized carbons (Fsp3) is 0.697. The van der Waals surface area contributed by atoms with Crippen LogP contribution in [-0.2, 0) is 18.9 Å². The average molecular weight is 583 g/mol. The number of carbonyl (C=O) groups excluding carboxylic acids is 2. The Bertz CT molecular complexity index is 1290. The molecular weight excluding hydrogens is 536 g/mol. The highest BCUT2D eigenvalue weighted by atomic mass is 16.8. The van der Waals surface area contributed by atoms with Crippen molar-refractivity contribution in [2.75, 3.05) is 19.7 Å². The van der Waals surface area contributed by atoms with Gasteiger partial charge in [-0.3, -0.25) is 0 Å². The molecule has 0 aromatic carbocycles. The monoisotopic (exact) mass is 582 g/mol. The number of hydrogen-bond donors (Lipinski definition) is 3. The fourth-order valence-electron chi connectivity index (χ4n) is 8.22. The van der Waals surface area contributed by atoms with Crippen LogP contribution in [-0.4, -0.2) is 65.7 Å². The molecule has 0 aromatic heterocycles. The Balaban J connectivity index is 1.41. The Hall–Kier alpha value is -2.80. The lowest BCUT2D eigenvalue weighted by atomic mass is 9.26. The molecule has 2 spiro atoms. The molecule has 42 heavy (non-hydrogen) atoms. The third-order valence-corrected chi connectivity index (χ3v) is 8.99. The van der Waals surface area contributed by atoms with Crippen LogP contribution in [0.1, 0.15) is 74.7 Å². The van der Waals surface area contributed by atoms with Gasteiger partial charge >= 0.3 is 12.2 Å². The van der Waals surface area contributed by atoms with Gasteiger partial charge in [-0.1, -0.05) is 24.3 Å². The van der Waals surface area contributed by atoms with E-state index in [1.807, 2.05) is 61.5 Å². The number of amides is 2. The Kier molecular flexibility index (Phi) is 7.61. The number of alkyl carbamates (subject to hydrolysis) is 2. The van der Waals surface area contributed by atoms with Crippen molar-refractivity contribution in [1.29, 1.82) is 0 Å². The maximum Gasteiger partial charge on any atom is 0.407 e. The summed E-state index contributed by atoms with van der Waals surface area (Å²) in [7, 11) is 0. The van der Waals surface area contributed by atoms with E-state index in [1.165, 1.54) is 0 Å². The molecule has 5 rings (SSSR count). The highest BCUT2D eigenvalue weighted by molar-refractivity contribution is 5.69. The van der Waals surface area contributed by atoms with E-state index < -0.39 is 34.8 Å². The first-order chi connectivity index (χ1) is 19.5. The molecule has 3 saturated carbocycles. The van der Waals surface area contributed by atoms with Crippen molar-refractivity contribution in [2.24, 2.45) is 23.2 Å². The Morgan fingerprint density at radius 2 is 1.79 bits per heavy atom. The van der Waals surface area contributed by atoms with Gasteiger partial charge in [0.2, 0.25) is 0 Å². The second-order valence-corrected chi connectivity index (χ2v) is 14.5. The molecule has 3 N–H and O–H groups in total. The number of rotatable bonds is 5. The van der Waals surface area contributed by atoms with Crippen LogP contribution in [0.2, 0.25) is 0 Å². The van der Waals surface area contributed by atoms with Crippen molar-refractivity contribution >= 4 is 12.2 Å². The molecule has 0 aromatic rings. The van der Waals surface area contributed by atoms with Crippen molar-refractivity contribution in [3.8, 4) is 11.8 Å². The van der Waals surface area contributed by atoms with E-state index in [9.17, 15) is 14.7 Å². The first-order valence-corrected chi connectivity index (χ1v) is 15.1. The van der Waals surface area contributed by atoms with E-state index in [2.05, 4.69) is 22.5 Å². The van der Waals surface area contributed by atoms with Gasteiger partial charge in [0.05, 0.1) is 6.61 Å². The molecule has 4 aliphatic carbocycles. The number of carbonyl (C=O) groups is 2. The summed E-state index contributed by atoms with van der Waals surface area (Å²) in [5.41, 5.74) is 0.999. The number of allylic oxidation sites excluding steroid dienone is 2. The van der Waals surface area contributed by atoms with Gasteiger partial charge < -0.3 is 34.7 Å². The van der Waals surface area contributed by atoms with Gasteiger partial charge in [0, 0.05) is 30.0 Å². The maximum absolute atomic E-state index is 12.6. The van der Waals surface area contributed by atoms with Gasteiger partial charge in [0.25, 0.3) is 0 Å². The minimum absolute atomic E-state index is 0.0116. The Labute approximate surface area is 249 Å². The van der Waals surface area contributed by atoms with Crippen molar-refractivity contribution in [2.45, 2.75) is 103 Å². The van der Waals surface area contributed by atoms with Gasteiger partial charge in [-0.2, -0.15) is 0 Å². The summed E-state index contributed by atoms with van der Waals surface area (Å²) in [4.78, 5) is 24.5. The van der Waals surface area contributed by atoms with Crippen LogP contribution in [0.5, 0.6) is 0 Å². The lowest BCUT2D eigenvalue weighted by molar-refractivity contribution is -0.293. The van der Waals surface area contributed by atoms with E-state index in [4.69, 9.17) is 18.9 Å². The van der Waals surface area contributed by atoms with E-state index >= 15 is 0 Å². The van der Waals surface area contributed by atoms with Crippen molar-refractivity contribution in [1.82, 2.24) is 10.6 Å². The molecule has 9 nitrogen and oxygen atoms in total. The molecule has 9 heteroatoms. The molecule has 0 unspecified atom stereocenters. The third kappa shape index (κ3) is 5.06. The summed E-state index contributed by atoms with van der Waals surface area (Å²) in [6.07, 6.45) is 7.31. The molecule has 5 aliphatic rings. The zero-order valence-corrected chi connectivity index (χ0v) is 26.2. The normalized spacial score (nSPS) is 34.0. The smallest absolute Gasteiger partial charge is 0.407 e. The number of ether oxygens (including phenoxy) is 4. The van der Waals surface area contributed by atoms with E-state index in [-0.39, 0.29) is 42.4 Å². The SMILES string of the molecule is CC(C)(C)OC(=O)NC/C=C/C#CC1=CC(CO)=C2[C@@H]3OC(C)(C)O[C@@]34CCC[C@@H]3[C@@H](CNC(=O)OC(C)(C)C)[C@@H]1[C@@]234. The van der Waals surface area contributed by atoms with E-state index in [0.29, 0.717) is 6.54 Å². The molecule has 2 amide bonds. The number of nitrogens with one attached hydrogen (secondary N) is 2. The predicted molar refractivity (Wildman–Crippen MR) is 157 cm³/mol. The minimum atomic E-state index is -0.730. The maximum atomic E-state index is 12.6. The zero-order chi connectivity index (χ0) is 30.7. The topological polar surface area (TPSA) is 115 Å². The largest absolute Gasteiger partial charge is 0.444 e. The van der Waals surface area contributed by atoms with Crippen molar-refractivity contribution in [3.05, 3.63) is 34.9 Å². The Morgan fingerprint density at radius 1 is 1.12 bits per heavy atom. The van der Waals surface area contributed by atoms with Gasteiger partial charge in [0.15, 0.2) is 5.79 Å². The highest BCUT2D eigenvalue weighted by Gasteiger charge is 2.87. The molecule has 1 saturated heterocycles. The third-order valence-electron chi connectivity index (χ3n) is 8.99. The summed E-state index contributed by atoms with van der Waals surface area (Å²) in [6.45, 7) is 15.6. The minimum Gasteiger partial charge on any atom is -0.444 e. The first-order valence-electron chi connectivity index (χ1n) is 15.1. The fourth-order valence-corrected chi connectivity index (χ4v) is 8.22. The second kappa shape index (κ2) is 10.4. The first kappa shape index (κ1) is 30.7. The molecule has 230 valence electrons. The van der Waals surface area contributed by atoms with E-state index in [1.54, 1.807) is 12.2 Å². The van der Waals surface area contributed by atoms with E-state index in [0.717, 1.165) is 36.0 Å². The van der Waals surface area contributed by atoms with Crippen LogP contribution in [0.4, 0.5) is 9.59 Å². The summed E-state index contributed by atoms with van der Waals surface area (Å²) < 4.78 is 24.1. The highest BCUT2D eigenvalue weighted by Crippen LogP contribution is 2.83. The number of fused-ring (bicyclic) bond motifs is 1. The Morgan fingerprint density at radius 3 is 2.43 bits per heavy atom. The van der Waals surface area contributed by atoms with Crippen molar-refractivity contribution in [3.63, 3.8) is 0 Å². The molecular formula is C33H46N2O7. The molecule has 6 atom stereocenters. The quantitative estimate of drug-likeness (QED) is 0.401. The standard InChI is InChI=1S/C33H46N2O7/c1-29(2,3)40-27(37)34-16-11-9-10-13-20-17-21(19-36)25-26-32(42-31(7,8)39-26)15-12-14-23-22(24(20)33(23,25)32)18-35-28(38)41-30(4,5)6/h9,11,17,22-24,26,36H,12,14-16,18-19H2,1-8H3,(H,34,37)(H,35,38)/b11-9+/t22-,23-,24-,26+,32+,33-/m1/s1. The summed E-state index contributed by atoms with van der Waals surface area (Å²) >= 11 is 0. The number of hydrogen-bond acceptors (Lipinski definition) is 7. The summed E-state index contributed by atoms with van der Waals surface area (Å²) in [5, 5.41) is 16.2. The zero-order valence-electron chi connectivity index (χ0n) is 26.2. The molecule has 1 aliphatic heterocycles. The van der Waals surface area contributed by atoms with Crippen LogP contribution in [0.3, 0.4) is 0 Å². The number of aliphatic hydroxyl groups excluding tert-OH is 1. The van der Waals surface area contributed by atoms with Crippen LogP contribution < -0.4 is 10.6 Å². The molecule has 0 radical (unpaired) electrons. The summed E-state index contributed by atoms with van der Waals surface area (Å²) in [6, 6.07) is 0.